The van der Waals surface area contributed by atoms with Gasteiger partial charge in [0.05, 0.1) is 12.1 Å². The molecule has 0 spiro atoms. The van der Waals surface area contributed by atoms with E-state index >= 15 is 0 Å². The number of hydrogen-bond donors (Lipinski definition) is 1. The number of rotatable bonds is 11. The Labute approximate surface area is 199 Å². The second-order valence-corrected chi connectivity index (χ2v) is 8.64. The molecule has 174 valence electrons. The summed E-state index contributed by atoms with van der Waals surface area (Å²) >= 11 is 12.1. The minimum absolute atomic E-state index is 0.193. The maximum atomic E-state index is 13.2. The summed E-state index contributed by atoms with van der Waals surface area (Å²) in [5, 5.41) is 3.72. The summed E-state index contributed by atoms with van der Waals surface area (Å²) in [5.74, 6) is 0.807. The Morgan fingerprint density at radius 1 is 1.12 bits per heavy atom. The van der Waals surface area contributed by atoms with Crippen molar-refractivity contribution < 1.29 is 19.1 Å². The Morgan fingerprint density at radius 2 is 1.88 bits per heavy atom. The van der Waals surface area contributed by atoms with Crippen LogP contribution in [-0.4, -0.2) is 43.0 Å². The highest BCUT2D eigenvalue weighted by Gasteiger charge is 2.29. The number of carbonyl (C=O) groups is 2. The van der Waals surface area contributed by atoms with Gasteiger partial charge in [0.1, 0.15) is 17.5 Å². The van der Waals surface area contributed by atoms with Crippen molar-refractivity contribution in [1.82, 2.24) is 10.2 Å². The zero-order valence-corrected chi connectivity index (χ0v) is 20.4. The Morgan fingerprint density at radius 3 is 2.50 bits per heavy atom. The third kappa shape index (κ3) is 7.61. The maximum absolute atomic E-state index is 13.2. The number of hydrogen-bond acceptors (Lipinski definition) is 4. The molecule has 2 amide bonds. The normalized spacial score (nSPS) is 11.7. The molecule has 0 saturated carbocycles. The minimum atomic E-state index is -0.642. The predicted molar refractivity (Wildman–Crippen MR) is 127 cm³/mol. The van der Waals surface area contributed by atoms with Crippen molar-refractivity contribution in [3.8, 4) is 11.5 Å². The highest BCUT2D eigenvalue weighted by molar-refractivity contribution is 6.35. The molecule has 0 bridgehead atoms. The van der Waals surface area contributed by atoms with Gasteiger partial charge in [-0.1, -0.05) is 56.1 Å². The minimum Gasteiger partial charge on any atom is -0.497 e. The molecule has 2 aromatic carbocycles. The monoisotopic (exact) mass is 480 g/mol. The summed E-state index contributed by atoms with van der Waals surface area (Å²) < 4.78 is 10.9. The number of halogens is 2. The van der Waals surface area contributed by atoms with Crippen LogP contribution in [-0.2, 0) is 16.1 Å². The van der Waals surface area contributed by atoms with Gasteiger partial charge in [-0.2, -0.15) is 0 Å². The van der Waals surface area contributed by atoms with E-state index in [0.717, 1.165) is 5.56 Å². The SMILES string of the molecule is CC[C@@H](C(=O)NCC(C)C)N(Cc1cccc(OC)c1)C(=O)COc1ccc(Cl)cc1Cl. The first-order valence-corrected chi connectivity index (χ1v) is 11.3. The quantitative estimate of drug-likeness (QED) is 0.493. The zero-order chi connectivity index (χ0) is 23.7. The number of nitrogens with one attached hydrogen (secondary N) is 1. The summed E-state index contributed by atoms with van der Waals surface area (Å²) in [5.41, 5.74) is 0.845. The first-order valence-electron chi connectivity index (χ1n) is 10.5. The van der Waals surface area contributed by atoms with Crippen LogP contribution in [0.1, 0.15) is 32.8 Å². The van der Waals surface area contributed by atoms with E-state index in [0.29, 0.717) is 40.4 Å². The van der Waals surface area contributed by atoms with Crippen molar-refractivity contribution in [2.75, 3.05) is 20.3 Å². The fourth-order valence-corrected chi connectivity index (χ4v) is 3.59. The molecule has 1 atom stereocenters. The summed E-state index contributed by atoms with van der Waals surface area (Å²) in [4.78, 5) is 27.7. The van der Waals surface area contributed by atoms with E-state index in [2.05, 4.69) is 5.32 Å². The maximum Gasteiger partial charge on any atom is 0.261 e. The number of ether oxygens (including phenoxy) is 2. The van der Waals surface area contributed by atoms with Gasteiger partial charge in [0, 0.05) is 18.1 Å². The molecule has 2 aromatic rings. The third-order valence-electron chi connectivity index (χ3n) is 4.80. The van der Waals surface area contributed by atoms with Crippen molar-refractivity contribution in [3.63, 3.8) is 0 Å². The number of amides is 2. The van der Waals surface area contributed by atoms with Crippen LogP contribution in [0.25, 0.3) is 0 Å². The molecule has 0 aliphatic carbocycles. The summed E-state index contributed by atoms with van der Waals surface area (Å²) in [7, 11) is 1.58. The molecule has 0 saturated heterocycles. The number of carbonyl (C=O) groups excluding carboxylic acids is 2. The molecule has 0 aliphatic heterocycles. The predicted octanol–water partition coefficient (Wildman–Crippen LogP) is 4.96. The standard InChI is InChI=1S/C24H30Cl2N2O4/c1-5-21(24(30)27-13-16(2)3)28(14-17-7-6-8-19(11-17)31-4)23(29)15-32-22-10-9-18(25)12-20(22)26/h6-12,16,21H,5,13-15H2,1-4H3,(H,27,30)/t21-/m0/s1. The lowest BCUT2D eigenvalue weighted by atomic mass is 10.1. The van der Waals surface area contributed by atoms with Crippen molar-refractivity contribution in [1.29, 1.82) is 0 Å². The fourth-order valence-electron chi connectivity index (χ4n) is 3.12. The summed E-state index contributed by atoms with van der Waals surface area (Å²) in [6, 6.07) is 11.6. The van der Waals surface area contributed by atoms with Crippen molar-refractivity contribution in [3.05, 3.63) is 58.1 Å². The second-order valence-electron chi connectivity index (χ2n) is 7.80. The Balaban J connectivity index is 2.24. The lowest BCUT2D eigenvalue weighted by Crippen LogP contribution is -2.50. The van der Waals surface area contributed by atoms with Gasteiger partial charge in [0.2, 0.25) is 5.91 Å². The van der Waals surface area contributed by atoms with Crippen LogP contribution in [0.2, 0.25) is 10.0 Å². The van der Waals surface area contributed by atoms with E-state index in [9.17, 15) is 9.59 Å². The average molecular weight is 481 g/mol. The van der Waals surface area contributed by atoms with Gasteiger partial charge in [-0.3, -0.25) is 9.59 Å². The molecule has 0 aromatic heterocycles. The van der Waals surface area contributed by atoms with E-state index < -0.39 is 6.04 Å². The molecule has 0 fully saturated rings. The molecular formula is C24H30Cl2N2O4. The van der Waals surface area contributed by atoms with Crippen LogP contribution in [0, 0.1) is 5.92 Å². The molecule has 0 radical (unpaired) electrons. The first-order chi connectivity index (χ1) is 15.2. The van der Waals surface area contributed by atoms with E-state index in [4.69, 9.17) is 32.7 Å². The highest BCUT2D eigenvalue weighted by atomic mass is 35.5. The van der Waals surface area contributed by atoms with Gasteiger partial charge in [-0.05, 0) is 48.2 Å². The zero-order valence-electron chi connectivity index (χ0n) is 18.9. The lowest BCUT2D eigenvalue weighted by molar-refractivity contribution is -0.143. The Bertz CT molecular complexity index is 921. The van der Waals surface area contributed by atoms with E-state index in [1.165, 1.54) is 4.90 Å². The topological polar surface area (TPSA) is 67.9 Å². The molecule has 0 unspecified atom stereocenters. The van der Waals surface area contributed by atoms with Gasteiger partial charge in [-0.15, -0.1) is 0 Å². The van der Waals surface area contributed by atoms with Gasteiger partial charge < -0.3 is 19.7 Å². The van der Waals surface area contributed by atoms with Crippen LogP contribution in [0.3, 0.4) is 0 Å². The molecule has 6 nitrogen and oxygen atoms in total. The first kappa shape index (κ1) is 25.8. The van der Waals surface area contributed by atoms with E-state index in [1.807, 2.05) is 45.0 Å². The van der Waals surface area contributed by atoms with Crippen LogP contribution in [0.15, 0.2) is 42.5 Å². The molecule has 0 aliphatic rings. The van der Waals surface area contributed by atoms with Crippen molar-refractivity contribution in [2.45, 2.75) is 39.8 Å². The van der Waals surface area contributed by atoms with Crippen LogP contribution < -0.4 is 14.8 Å². The van der Waals surface area contributed by atoms with Crippen LogP contribution >= 0.6 is 23.2 Å². The molecule has 2 rings (SSSR count). The smallest absolute Gasteiger partial charge is 0.261 e. The Kier molecular flexibility index (Phi) is 10.1. The highest BCUT2D eigenvalue weighted by Crippen LogP contribution is 2.27. The van der Waals surface area contributed by atoms with Gasteiger partial charge in [-0.25, -0.2) is 0 Å². The fraction of sp³-hybridized carbons (Fsp3) is 0.417. The van der Waals surface area contributed by atoms with Gasteiger partial charge in [0.15, 0.2) is 6.61 Å². The average Bonchev–Trinajstić information content (AvgIpc) is 2.76. The molecule has 8 heteroatoms. The number of methoxy groups -OCH3 is 1. The number of benzene rings is 2. The lowest BCUT2D eigenvalue weighted by Gasteiger charge is -2.31. The van der Waals surface area contributed by atoms with E-state index in [-0.39, 0.29) is 25.0 Å². The summed E-state index contributed by atoms with van der Waals surface area (Å²) in [6.07, 6.45) is 0.460. The van der Waals surface area contributed by atoms with Gasteiger partial charge >= 0.3 is 0 Å². The van der Waals surface area contributed by atoms with Gasteiger partial charge in [0.25, 0.3) is 5.91 Å². The Hall–Kier alpha value is -2.44. The third-order valence-corrected chi connectivity index (χ3v) is 5.33. The van der Waals surface area contributed by atoms with Crippen LogP contribution in [0.4, 0.5) is 0 Å². The molecule has 0 heterocycles. The largest absolute Gasteiger partial charge is 0.497 e. The van der Waals surface area contributed by atoms with Crippen molar-refractivity contribution in [2.24, 2.45) is 5.92 Å². The molecular weight excluding hydrogens is 451 g/mol. The molecule has 32 heavy (non-hydrogen) atoms. The van der Waals surface area contributed by atoms with E-state index in [1.54, 1.807) is 25.3 Å². The second kappa shape index (κ2) is 12.6. The molecule has 1 N–H and O–H groups in total. The summed E-state index contributed by atoms with van der Waals surface area (Å²) in [6.45, 7) is 6.42. The number of nitrogens with zero attached hydrogens (tertiary/aromatic N) is 1. The van der Waals surface area contributed by atoms with Crippen molar-refractivity contribution >= 4 is 35.0 Å². The van der Waals surface area contributed by atoms with Crippen LogP contribution in [0.5, 0.6) is 11.5 Å².